The Bertz CT molecular complexity index is 1790. The molecule has 1 saturated carbocycles. The van der Waals surface area contributed by atoms with Crippen LogP contribution >= 0.6 is 11.6 Å². The molecular weight excluding hydrogens is 688 g/mol. The van der Waals surface area contributed by atoms with Crippen LogP contribution in [0.25, 0.3) is 0 Å². The van der Waals surface area contributed by atoms with Crippen molar-refractivity contribution in [2.24, 2.45) is 17.8 Å². The van der Waals surface area contributed by atoms with Gasteiger partial charge in [-0.3, -0.25) is 4.18 Å². The molecule has 1 fully saturated rings. The fourth-order valence-electron chi connectivity index (χ4n) is 8.51. The number of nitrogens with one attached hydrogen (secondary N) is 1. The molecule has 2 aliphatic carbocycles. The first kappa shape index (κ1) is 36.6. The van der Waals surface area contributed by atoms with E-state index in [4.69, 9.17) is 25.3 Å². The lowest BCUT2D eigenvalue weighted by Gasteiger charge is -2.49. The number of halogens is 1. The van der Waals surface area contributed by atoms with E-state index in [1.165, 1.54) is 11.1 Å². The maximum atomic E-state index is 13.9. The molecule has 2 N–H and O–H groups in total. The van der Waals surface area contributed by atoms with Gasteiger partial charge in [-0.15, -0.1) is 0 Å². The number of allylic oxidation sites excluding steroid dienone is 1. The summed E-state index contributed by atoms with van der Waals surface area (Å²) in [6.07, 6.45) is 8.75. The zero-order valence-electron chi connectivity index (χ0n) is 28.7. The maximum Gasteiger partial charge on any atom is 0.264 e. The van der Waals surface area contributed by atoms with Gasteiger partial charge in [0.25, 0.3) is 10.1 Å². The minimum atomic E-state index is -4.15. The molecule has 2 heterocycles. The van der Waals surface area contributed by atoms with Crippen molar-refractivity contribution in [2.75, 3.05) is 44.6 Å². The van der Waals surface area contributed by atoms with E-state index in [0.717, 1.165) is 55.6 Å². The summed E-state index contributed by atoms with van der Waals surface area (Å²) in [7, 11) is -6.19. The first-order valence-electron chi connectivity index (χ1n) is 17.2. The summed E-state index contributed by atoms with van der Waals surface area (Å²) in [5.74, 6) is 0.823. The number of aryl methyl sites for hydroxylation is 1. The minimum absolute atomic E-state index is 0.0725. The Labute approximate surface area is 296 Å². The number of sulfonamides is 1. The number of fused-ring (bicyclic) bond motifs is 4. The predicted octanol–water partition coefficient (Wildman–Crippen LogP) is 5.49. The molecule has 6 rings (SSSR count). The van der Waals surface area contributed by atoms with E-state index in [0.29, 0.717) is 36.8 Å². The molecule has 2 bridgehead atoms. The van der Waals surface area contributed by atoms with Crippen LogP contribution in [-0.2, 0) is 40.9 Å². The molecule has 13 heteroatoms. The molecule has 0 aromatic heterocycles. The van der Waals surface area contributed by atoms with Crippen LogP contribution in [0.4, 0.5) is 5.69 Å². The van der Waals surface area contributed by atoms with Gasteiger partial charge in [0.1, 0.15) is 12.0 Å². The molecule has 1 spiro atoms. The number of hydrogen-bond acceptors (Lipinski definition) is 9. The Morgan fingerprint density at radius 1 is 1.18 bits per heavy atom. The number of aliphatic hydroxyl groups is 1. The second kappa shape index (κ2) is 14.1. The van der Waals surface area contributed by atoms with Gasteiger partial charge in [-0.1, -0.05) is 42.8 Å². The molecule has 1 unspecified atom stereocenters. The largest absolute Gasteiger partial charge is 0.490 e. The van der Waals surface area contributed by atoms with Crippen LogP contribution in [0.1, 0.15) is 75.3 Å². The summed E-state index contributed by atoms with van der Waals surface area (Å²) in [4.78, 5) is 2.38. The van der Waals surface area contributed by atoms with Gasteiger partial charge in [0, 0.05) is 30.6 Å². The topological polar surface area (TPSA) is 131 Å². The fourth-order valence-corrected chi connectivity index (χ4v) is 10.9. The molecule has 4 aliphatic rings. The highest BCUT2D eigenvalue weighted by atomic mass is 35.5. The third-order valence-corrected chi connectivity index (χ3v) is 14.3. The lowest BCUT2D eigenvalue weighted by atomic mass is 9.64. The summed E-state index contributed by atoms with van der Waals surface area (Å²) >= 11 is 6.44. The second-order valence-electron chi connectivity index (χ2n) is 14.7. The van der Waals surface area contributed by atoms with Crippen molar-refractivity contribution in [2.45, 2.75) is 81.3 Å². The molecule has 2 aliphatic heterocycles. The summed E-state index contributed by atoms with van der Waals surface area (Å²) in [6, 6.07) is 11.5. The number of benzene rings is 2. The highest BCUT2D eigenvalue weighted by molar-refractivity contribution is 7.90. The van der Waals surface area contributed by atoms with Crippen LogP contribution in [0, 0.1) is 17.8 Å². The van der Waals surface area contributed by atoms with E-state index in [1.54, 1.807) is 13.2 Å². The van der Waals surface area contributed by atoms with Crippen LogP contribution in [-0.4, -0.2) is 72.5 Å². The van der Waals surface area contributed by atoms with Gasteiger partial charge in [0.05, 0.1) is 36.0 Å². The van der Waals surface area contributed by atoms with Crippen molar-refractivity contribution in [3.63, 3.8) is 0 Å². The van der Waals surface area contributed by atoms with E-state index < -0.39 is 43.1 Å². The summed E-state index contributed by atoms with van der Waals surface area (Å²) < 4.78 is 71.4. The quantitative estimate of drug-likeness (QED) is 0.303. The smallest absolute Gasteiger partial charge is 0.264 e. The molecule has 49 heavy (non-hydrogen) atoms. The van der Waals surface area contributed by atoms with Crippen molar-refractivity contribution in [3.05, 3.63) is 70.3 Å². The van der Waals surface area contributed by atoms with Crippen LogP contribution in [0.2, 0.25) is 5.02 Å². The van der Waals surface area contributed by atoms with E-state index in [9.17, 15) is 21.9 Å². The molecule has 10 nitrogen and oxygen atoms in total. The zero-order valence-corrected chi connectivity index (χ0v) is 31.1. The van der Waals surface area contributed by atoms with Crippen LogP contribution in [0.3, 0.4) is 0 Å². The lowest BCUT2D eigenvalue weighted by molar-refractivity contribution is -0.0622. The van der Waals surface area contributed by atoms with E-state index in [1.807, 2.05) is 31.2 Å². The Morgan fingerprint density at radius 3 is 2.69 bits per heavy atom. The molecule has 2 aromatic carbocycles. The zero-order chi connectivity index (χ0) is 35.2. The summed E-state index contributed by atoms with van der Waals surface area (Å²) in [5.41, 5.74) is 2.86. The van der Waals surface area contributed by atoms with E-state index in [2.05, 4.69) is 34.8 Å². The Balaban J connectivity index is 1.41. The number of nitrogens with zero attached hydrogens (tertiary/aromatic N) is 1. The average molecular weight is 737 g/mol. The summed E-state index contributed by atoms with van der Waals surface area (Å²) in [6.45, 7) is 5.55. The molecule has 7 atom stereocenters. The molecule has 0 amide bonds. The monoisotopic (exact) mass is 736 g/mol. The number of ether oxygens (including phenoxy) is 2. The van der Waals surface area contributed by atoms with Gasteiger partial charge < -0.3 is 19.5 Å². The van der Waals surface area contributed by atoms with Crippen molar-refractivity contribution in [1.29, 1.82) is 0 Å². The van der Waals surface area contributed by atoms with Gasteiger partial charge in [0.2, 0.25) is 10.0 Å². The van der Waals surface area contributed by atoms with Gasteiger partial charge in [-0.25, -0.2) is 8.42 Å². The summed E-state index contributed by atoms with van der Waals surface area (Å²) in [5, 5.41) is 11.1. The number of anilines is 1. The van der Waals surface area contributed by atoms with Gasteiger partial charge >= 0.3 is 0 Å². The van der Waals surface area contributed by atoms with Crippen LogP contribution in [0.15, 0.2) is 48.6 Å². The lowest BCUT2D eigenvalue weighted by Crippen LogP contribution is -2.52. The van der Waals surface area contributed by atoms with Crippen LogP contribution in [0.5, 0.6) is 5.75 Å². The Kier molecular flexibility index (Phi) is 10.5. The molecular formula is C36H49ClN2O8S2. The fraction of sp³-hybridized carbons (Fsp3) is 0.611. The number of aliphatic hydroxyl groups excluding tert-OH is 1. The standard InChI is InChI=1S/C36H49ClN2O8S2/c1-24-7-5-16-35(2,45-3)29-12-9-27(29)21-39-22-36(17-6-8-25-19-28(37)11-13-30(25)36)23-46-32-14-10-26(20-31(32)39)34(40)38-49(43,44)33(24)15-18-47-48(4,41)42/h5,10-11,13-14,16,19-20,24,27,29,33-34,38,40H,6-9,12,15,17-18,21-23H2,1-4H3/b16-5+/t24-,27-,29+,33+,34?,35+,36-/m0/s1. The number of methoxy groups -OCH3 is 1. The number of hydrogen-bond donors (Lipinski definition) is 2. The average Bonchev–Trinajstić information content (AvgIpc) is 3.16. The number of rotatable bonds is 5. The third-order valence-electron chi connectivity index (χ3n) is 11.4. The van der Waals surface area contributed by atoms with Crippen molar-refractivity contribution in [3.8, 4) is 5.75 Å². The van der Waals surface area contributed by atoms with E-state index in [-0.39, 0.29) is 24.4 Å². The SMILES string of the molecule is CO[C@]1(C)/C=C/C[C@H](C)[C@@H](CCOS(C)(=O)=O)S(=O)(=O)NC(O)c2ccc3c(c2)N(C[C@@H]2CC[C@H]21)C[C@@]1(CCCc2cc(Cl)ccc21)CO3. The third kappa shape index (κ3) is 7.71. The molecule has 2 aromatic rings. The van der Waals surface area contributed by atoms with Gasteiger partial charge in [-0.05, 0) is 111 Å². The highest BCUT2D eigenvalue weighted by Gasteiger charge is 2.47. The molecule has 270 valence electrons. The minimum Gasteiger partial charge on any atom is -0.490 e. The Morgan fingerprint density at radius 2 is 1.98 bits per heavy atom. The van der Waals surface area contributed by atoms with Crippen molar-refractivity contribution >= 4 is 37.4 Å². The second-order valence-corrected chi connectivity index (χ2v) is 18.7. The first-order chi connectivity index (χ1) is 23.1. The van der Waals surface area contributed by atoms with Crippen molar-refractivity contribution in [1.82, 2.24) is 4.72 Å². The van der Waals surface area contributed by atoms with Crippen LogP contribution < -0.4 is 14.4 Å². The van der Waals surface area contributed by atoms with Gasteiger partial charge in [-0.2, -0.15) is 13.1 Å². The molecule has 0 saturated heterocycles. The molecule has 0 radical (unpaired) electrons. The maximum absolute atomic E-state index is 13.9. The Hall–Kier alpha value is -2.19. The highest BCUT2D eigenvalue weighted by Crippen LogP contribution is 2.49. The van der Waals surface area contributed by atoms with Gasteiger partial charge in [0.15, 0.2) is 0 Å². The van der Waals surface area contributed by atoms with Crippen molar-refractivity contribution < 1.29 is 35.6 Å². The first-order valence-corrected chi connectivity index (χ1v) is 20.9. The van der Waals surface area contributed by atoms with E-state index >= 15 is 0 Å². The predicted molar refractivity (Wildman–Crippen MR) is 191 cm³/mol. The normalized spacial score (nSPS) is 33.8.